The number of benzene rings is 2. The van der Waals surface area contributed by atoms with Gasteiger partial charge in [0.2, 0.25) is 5.91 Å². The molecule has 4 nitrogen and oxygen atoms in total. The Kier molecular flexibility index (Phi) is 7.22. The van der Waals surface area contributed by atoms with Crippen molar-refractivity contribution in [2.24, 2.45) is 11.8 Å². The minimum atomic E-state index is -1.45. The number of piperidine rings is 2. The second-order valence-electron chi connectivity index (χ2n) is 8.83. The third-order valence-electron chi connectivity index (χ3n) is 6.79. The molecule has 2 aromatic rings. The van der Waals surface area contributed by atoms with Crippen molar-refractivity contribution >= 4 is 17.3 Å². The van der Waals surface area contributed by atoms with Crippen LogP contribution in [-0.4, -0.2) is 38.6 Å². The van der Waals surface area contributed by atoms with Gasteiger partial charge in [0.05, 0.1) is 0 Å². The molecule has 2 heterocycles. The standard InChI is InChI=1S/C25H30F3N3O/c26-22-16-21(17-23(27)24(22)28)31-14-9-19(10-15-31)25(32)29-11-6-18-7-12-30(13-8-18)20-4-2-1-3-5-20/h1-5,16-19H,6-15H2,(H,29,32). The van der Waals surface area contributed by atoms with Gasteiger partial charge in [-0.3, -0.25) is 4.79 Å². The van der Waals surface area contributed by atoms with Gasteiger partial charge in [-0.2, -0.15) is 0 Å². The highest BCUT2D eigenvalue weighted by Gasteiger charge is 2.26. The molecule has 2 aliphatic heterocycles. The third kappa shape index (κ3) is 5.37. The van der Waals surface area contributed by atoms with Gasteiger partial charge in [0.25, 0.3) is 0 Å². The number of carbonyl (C=O) groups is 1. The molecule has 0 aliphatic carbocycles. The van der Waals surface area contributed by atoms with E-state index in [0.717, 1.165) is 44.5 Å². The summed E-state index contributed by atoms with van der Waals surface area (Å²) in [6.07, 6.45) is 4.48. The Morgan fingerprint density at radius 3 is 2.03 bits per heavy atom. The number of hydrogen-bond acceptors (Lipinski definition) is 3. The van der Waals surface area contributed by atoms with E-state index in [2.05, 4.69) is 34.5 Å². The first kappa shape index (κ1) is 22.5. The van der Waals surface area contributed by atoms with Gasteiger partial charge in [0, 0.05) is 62.1 Å². The molecule has 0 aromatic heterocycles. The molecule has 0 bridgehead atoms. The molecule has 2 aliphatic rings. The average molecular weight is 446 g/mol. The minimum absolute atomic E-state index is 0.0582. The van der Waals surface area contributed by atoms with Crippen LogP contribution in [0.5, 0.6) is 0 Å². The fourth-order valence-corrected chi connectivity index (χ4v) is 4.79. The van der Waals surface area contributed by atoms with E-state index < -0.39 is 17.5 Å². The molecule has 0 spiro atoms. The molecule has 2 aromatic carbocycles. The first-order valence-electron chi connectivity index (χ1n) is 11.5. The number of anilines is 2. The van der Waals surface area contributed by atoms with Gasteiger partial charge in [0.15, 0.2) is 17.5 Å². The van der Waals surface area contributed by atoms with Gasteiger partial charge in [-0.25, -0.2) is 13.2 Å². The van der Waals surface area contributed by atoms with Gasteiger partial charge in [-0.1, -0.05) is 18.2 Å². The van der Waals surface area contributed by atoms with Crippen LogP contribution in [0.15, 0.2) is 42.5 Å². The lowest BCUT2D eigenvalue weighted by molar-refractivity contribution is -0.125. The summed E-state index contributed by atoms with van der Waals surface area (Å²) in [5.74, 6) is -3.23. The maximum absolute atomic E-state index is 13.5. The third-order valence-corrected chi connectivity index (χ3v) is 6.79. The number of amides is 1. The molecule has 32 heavy (non-hydrogen) atoms. The fourth-order valence-electron chi connectivity index (χ4n) is 4.79. The van der Waals surface area contributed by atoms with Crippen molar-refractivity contribution in [1.29, 1.82) is 0 Å². The summed E-state index contributed by atoms with van der Waals surface area (Å²) in [6.45, 7) is 3.81. The first-order valence-corrected chi connectivity index (χ1v) is 11.5. The van der Waals surface area contributed by atoms with Gasteiger partial charge < -0.3 is 15.1 Å². The lowest BCUT2D eigenvalue weighted by atomic mass is 9.92. The number of hydrogen-bond donors (Lipinski definition) is 1. The molecule has 1 N–H and O–H groups in total. The Hall–Kier alpha value is -2.70. The van der Waals surface area contributed by atoms with E-state index in [1.165, 1.54) is 5.69 Å². The molecule has 7 heteroatoms. The Labute approximate surface area is 187 Å². The molecule has 0 saturated carbocycles. The number of nitrogens with zero attached hydrogens (tertiary/aromatic N) is 2. The lowest BCUT2D eigenvalue weighted by Gasteiger charge is -2.34. The van der Waals surface area contributed by atoms with Crippen molar-refractivity contribution in [3.63, 3.8) is 0 Å². The van der Waals surface area contributed by atoms with Crippen LogP contribution in [0.4, 0.5) is 24.5 Å². The zero-order valence-electron chi connectivity index (χ0n) is 18.2. The first-order chi connectivity index (χ1) is 15.5. The van der Waals surface area contributed by atoms with Gasteiger partial charge in [-0.15, -0.1) is 0 Å². The Balaban J connectivity index is 1.16. The topological polar surface area (TPSA) is 35.6 Å². The highest BCUT2D eigenvalue weighted by atomic mass is 19.2. The van der Waals surface area contributed by atoms with E-state index in [1.54, 1.807) is 4.90 Å². The van der Waals surface area contributed by atoms with Crippen molar-refractivity contribution in [3.05, 3.63) is 59.9 Å². The Morgan fingerprint density at radius 2 is 1.41 bits per heavy atom. The average Bonchev–Trinajstić information content (AvgIpc) is 2.83. The molecule has 4 rings (SSSR count). The van der Waals surface area contributed by atoms with E-state index in [1.807, 2.05) is 6.07 Å². The zero-order valence-corrected chi connectivity index (χ0v) is 18.2. The Morgan fingerprint density at radius 1 is 0.844 bits per heavy atom. The second kappa shape index (κ2) is 10.3. The smallest absolute Gasteiger partial charge is 0.223 e. The number of para-hydroxylation sites is 1. The van der Waals surface area contributed by atoms with Crippen LogP contribution >= 0.6 is 0 Å². The highest BCUT2D eigenvalue weighted by molar-refractivity contribution is 5.79. The van der Waals surface area contributed by atoms with Crippen molar-refractivity contribution in [3.8, 4) is 0 Å². The number of rotatable bonds is 6. The summed E-state index contributed by atoms with van der Waals surface area (Å²) in [6, 6.07) is 12.5. The van der Waals surface area contributed by atoms with Crippen LogP contribution in [-0.2, 0) is 4.79 Å². The normalized spacial score (nSPS) is 18.1. The number of halogens is 3. The summed E-state index contributed by atoms with van der Waals surface area (Å²) in [7, 11) is 0. The fraction of sp³-hybridized carbons (Fsp3) is 0.480. The lowest BCUT2D eigenvalue weighted by Crippen LogP contribution is -2.41. The summed E-state index contributed by atoms with van der Waals surface area (Å²) in [4.78, 5) is 16.8. The van der Waals surface area contributed by atoms with Crippen LogP contribution in [0.1, 0.15) is 32.1 Å². The summed E-state index contributed by atoms with van der Waals surface area (Å²) >= 11 is 0. The number of carbonyl (C=O) groups excluding carboxylic acids is 1. The molecule has 0 radical (unpaired) electrons. The maximum Gasteiger partial charge on any atom is 0.223 e. The molecule has 2 saturated heterocycles. The molecule has 1 amide bonds. The largest absolute Gasteiger partial charge is 0.372 e. The molecule has 2 fully saturated rings. The highest BCUT2D eigenvalue weighted by Crippen LogP contribution is 2.27. The van der Waals surface area contributed by atoms with Gasteiger partial charge in [-0.05, 0) is 50.2 Å². The minimum Gasteiger partial charge on any atom is -0.372 e. The van der Waals surface area contributed by atoms with Crippen molar-refractivity contribution < 1.29 is 18.0 Å². The van der Waals surface area contributed by atoms with Crippen LogP contribution in [0.3, 0.4) is 0 Å². The van der Waals surface area contributed by atoms with Crippen LogP contribution in [0.25, 0.3) is 0 Å². The molecular weight excluding hydrogens is 415 g/mol. The SMILES string of the molecule is O=C(NCCC1CCN(c2ccccc2)CC1)C1CCN(c2cc(F)c(F)c(F)c2)CC1. The van der Waals surface area contributed by atoms with E-state index >= 15 is 0 Å². The molecule has 172 valence electrons. The summed E-state index contributed by atoms with van der Waals surface area (Å²) in [5, 5.41) is 3.08. The van der Waals surface area contributed by atoms with E-state index in [4.69, 9.17) is 0 Å². The van der Waals surface area contributed by atoms with E-state index in [-0.39, 0.29) is 11.8 Å². The van der Waals surface area contributed by atoms with Gasteiger partial charge in [0.1, 0.15) is 0 Å². The molecular formula is C25H30F3N3O. The molecule has 0 atom stereocenters. The van der Waals surface area contributed by atoms with Crippen molar-refractivity contribution in [2.75, 3.05) is 42.5 Å². The predicted octanol–water partition coefficient (Wildman–Crippen LogP) is 4.74. The van der Waals surface area contributed by atoms with Crippen LogP contribution in [0, 0.1) is 29.3 Å². The Bertz CT molecular complexity index is 885. The predicted molar refractivity (Wildman–Crippen MR) is 120 cm³/mol. The van der Waals surface area contributed by atoms with Crippen molar-refractivity contribution in [1.82, 2.24) is 5.32 Å². The number of nitrogens with one attached hydrogen (secondary N) is 1. The van der Waals surface area contributed by atoms with Crippen LogP contribution in [0.2, 0.25) is 0 Å². The van der Waals surface area contributed by atoms with Crippen molar-refractivity contribution in [2.45, 2.75) is 32.1 Å². The monoisotopic (exact) mass is 445 g/mol. The van der Waals surface area contributed by atoms with Gasteiger partial charge >= 0.3 is 0 Å². The molecule has 0 unspecified atom stereocenters. The van der Waals surface area contributed by atoms with Crippen LogP contribution < -0.4 is 15.1 Å². The maximum atomic E-state index is 13.5. The zero-order chi connectivity index (χ0) is 22.5. The van der Waals surface area contributed by atoms with E-state index in [9.17, 15) is 18.0 Å². The quantitative estimate of drug-likeness (QED) is 0.653. The summed E-state index contributed by atoms with van der Waals surface area (Å²) < 4.78 is 40.2. The second-order valence-corrected chi connectivity index (χ2v) is 8.83. The van der Waals surface area contributed by atoms with E-state index in [0.29, 0.717) is 44.1 Å². The summed E-state index contributed by atoms with van der Waals surface area (Å²) in [5.41, 5.74) is 1.60.